The normalized spacial score (nSPS) is 10.8. The topological polar surface area (TPSA) is 79.5 Å². The highest BCUT2D eigenvalue weighted by molar-refractivity contribution is 6.30. The van der Waals surface area contributed by atoms with Crippen LogP contribution in [0.4, 0.5) is 5.69 Å². The van der Waals surface area contributed by atoms with E-state index < -0.39 is 5.63 Å². The molecule has 25 heavy (non-hydrogen) atoms. The summed E-state index contributed by atoms with van der Waals surface area (Å²) >= 11 is 5.90. The number of amides is 1. The zero-order valence-corrected chi connectivity index (χ0v) is 14.5. The van der Waals surface area contributed by atoms with E-state index in [9.17, 15) is 14.7 Å². The van der Waals surface area contributed by atoms with Gasteiger partial charge in [0.25, 0.3) is 0 Å². The largest absolute Gasteiger partial charge is 0.508 e. The minimum atomic E-state index is -0.583. The number of aromatic hydroxyl groups is 1. The molecule has 0 fully saturated rings. The molecule has 0 saturated heterocycles. The number of phenolic OH excluding ortho intramolecular Hbond substituents is 1. The van der Waals surface area contributed by atoms with Crippen molar-refractivity contribution in [1.29, 1.82) is 0 Å². The first-order valence-corrected chi connectivity index (χ1v) is 8.05. The second-order valence-corrected chi connectivity index (χ2v) is 6.25. The molecule has 3 aromatic rings. The van der Waals surface area contributed by atoms with Crippen LogP contribution in [0.15, 0.2) is 45.6 Å². The van der Waals surface area contributed by atoms with E-state index in [2.05, 4.69) is 5.32 Å². The van der Waals surface area contributed by atoms with Gasteiger partial charge in [-0.2, -0.15) is 0 Å². The van der Waals surface area contributed by atoms with Gasteiger partial charge in [0.15, 0.2) is 0 Å². The predicted octanol–water partition coefficient (Wildman–Crippen LogP) is 3.95. The third-order valence-corrected chi connectivity index (χ3v) is 4.36. The number of benzene rings is 2. The van der Waals surface area contributed by atoms with Gasteiger partial charge in [0.2, 0.25) is 5.91 Å². The van der Waals surface area contributed by atoms with Gasteiger partial charge in [0.05, 0.1) is 12.0 Å². The molecule has 5 nitrogen and oxygen atoms in total. The minimum absolute atomic E-state index is 0.0569. The van der Waals surface area contributed by atoms with Crippen LogP contribution in [0.2, 0.25) is 5.02 Å². The van der Waals surface area contributed by atoms with E-state index >= 15 is 0 Å². The van der Waals surface area contributed by atoms with Crippen LogP contribution < -0.4 is 10.9 Å². The summed E-state index contributed by atoms with van der Waals surface area (Å²) in [6.07, 6.45) is -0.115. The maximum absolute atomic E-state index is 12.3. The number of fused-ring (bicyclic) bond motifs is 1. The number of carbonyl (C=O) groups excluding carboxylic acids is 1. The Kier molecular flexibility index (Phi) is 4.51. The van der Waals surface area contributed by atoms with Crippen LogP contribution in [0, 0.1) is 13.8 Å². The predicted molar refractivity (Wildman–Crippen MR) is 97.4 cm³/mol. The summed E-state index contributed by atoms with van der Waals surface area (Å²) in [4.78, 5) is 24.6. The van der Waals surface area contributed by atoms with E-state index in [1.54, 1.807) is 50.2 Å². The van der Waals surface area contributed by atoms with Crippen molar-refractivity contribution in [3.63, 3.8) is 0 Å². The molecule has 2 N–H and O–H groups in total. The molecule has 128 valence electrons. The number of hydrogen-bond acceptors (Lipinski definition) is 4. The Morgan fingerprint density at radius 1 is 1.20 bits per heavy atom. The quantitative estimate of drug-likeness (QED) is 0.695. The second-order valence-electron chi connectivity index (χ2n) is 5.81. The molecule has 0 spiro atoms. The molecule has 1 amide bonds. The van der Waals surface area contributed by atoms with Crippen molar-refractivity contribution in [1.82, 2.24) is 0 Å². The smallest absolute Gasteiger partial charge is 0.340 e. The molecular formula is C19H16ClNO4. The fraction of sp³-hybridized carbons (Fsp3) is 0.158. The first-order valence-electron chi connectivity index (χ1n) is 7.67. The lowest BCUT2D eigenvalue weighted by Crippen LogP contribution is -2.20. The SMILES string of the molecule is Cc1c(CC(=O)Nc2cccc(Cl)c2)c(=O)oc2c(C)c(O)ccc12. The molecule has 0 bridgehead atoms. The average Bonchev–Trinajstić information content (AvgIpc) is 2.55. The molecule has 0 aliphatic rings. The Morgan fingerprint density at radius 2 is 1.96 bits per heavy atom. The molecule has 0 saturated carbocycles. The number of hydrogen-bond donors (Lipinski definition) is 2. The van der Waals surface area contributed by atoms with Crippen molar-refractivity contribution >= 4 is 34.2 Å². The summed E-state index contributed by atoms with van der Waals surface area (Å²) < 4.78 is 5.34. The Hall–Kier alpha value is -2.79. The van der Waals surface area contributed by atoms with Gasteiger partial charge in [-0.15, -0.1) is 0 Å². The molecule has 0 unspecified atom stereocenters. The number of aryl methyl sites for hydroxylation is 2. The zero-order valence-electron chi connectivity index (χ0n) is 13.7. The summed E-state index contributed by atoms with van der Waals surface area (Å²) in [6.45, 7) is 3.43. The number of nitrogens with one attached hydrogen (secondary N) is 1. The van der Waals surface area contributed by atoms with Crippen LogP contribution in [0.5, 0.6) is 5.75 Å². The van der Waals surface area contributed by atoms with Gasteiger partial charge in [-0.1, -0.05) is 17.7 Å². The average molecular weight is 358 g/mol. The van der Waals surface area contributed by atoms with Gasteiger partial charge in [-0.25, -0.2) is 4.79 Å². The van der Waals surface area contributed by atoms with Gasteiger partial charge in [0, 0.05) is 21.7 Å². The summed E-state index contributed by atoms with van der Waals surface area (Å²) in [5.41, 5.74) is 1.75. The van der Waals surface area contributed by atoms with Gasteiger partial charge in [-0.3, -0.25) is 4.79 Å². The molecule has 2 aromatic carbocycles. The van der Waals surface area contributed by atoms with E-state index in [0.717, 1.165) is 0 Å². The lowest BCUT2D eigenvalue weighted by molar-refractivity contribution is -0.115. The summed E-state index contributed by atoms with van der Waals surface area (Å²) in [6, 6.07) is 9.99. The lowest BCUT2D eigenvalue weighted by Gasteiger charge is -2.10. The highest BCUT2D eigenvalue weighted by atomic mass is 35.5. The monoisotopic (exact) mass is 357 g/mol. The Balaban J connectivity index is 1.95. The number of halogens is 1. The van der Waals surface area contributed by atoms with E-state index in [4.69, 9.17) is 16.0 Å². The standard InChI is InChI=1S/C19H16ClNO4/c1-10-14-6-7-16(22)11(2)18(14)25-19(24)15(10)9-17(23)21-13-5-3-4-12(20)8-13/h3-8,22H,9H2,1-2H3,(H,21,23). The summed E-state index contributed by atoms with van der Waals surface area (Å²) in [5.74, 6) is -0.283. The molecule has 6 heteroatoms. The molecule has 0 aliphatic carbocycles. The van der Waals surface area contributed by atoms with Crippen molar-refractivity contribution in [2.24, 2.45) is 0 Å². The number of anilines is 1. The fourth-order valence-electron chi connectivity index (χ4n) is 2.71. The van der Waals surface area contributed by atoms with Crippen molar-refractivity contribution in [2.45, 2.75) is 20.3 Å². The minimum Gasteiger partial charge on any atom is -0.508 e. The van der Waals surface area contributed by atoms with Crippen LogP contribution in [-0.4, -0.2) is 11.0 Å². The maximum Gasteiger partial charge on any atom is 0.340 e. The molecule has 0 atom stereocenters. The fourth-order valence-corrected chi connectivity index (χ4v) is 2.91. The zero-order chi connectivity index (χ0) is 18.1. The van der Waals surface area contributed by atoms with Crippen molar-refractivity contribution in [3.8, 4) is 5.75 Å². The maximum atomic E-state index is 12.3. The van der Waals surface area contributed by atoms with Crippen molar-refractivity contribution in [3.05, 3.63) is 68.5 Å². The van der Waals surface area contributed by atoms with Crippen LogP contribution >= 0.6 is 11.6 Å². The van der Waals surface area contributed by atoms with E-state index in [-0.39, 0.29) is 23.6 Å². The van der Waals surface area contributed by atoms with Crippen LogP contribution in [0.25, 0.3) is 11.0 Å². The van der Waals surface area contributed by atoms with Gasteiger partial charge >= 0.3 is 5.63 Å². The van der Waals surface area contributed by atoms with Crippen LogP contribution in [0.1, 0.15) is 16.7 Å². The Labute approximate surface area is 148 Å². The number of carbonyl (C=O) groups is 1. The molecular weight excluding hydrogens is 342 g/mol. The molecule has 3 rings (SSSR count). The van der Waals surface area contributed by atoms with E-state index in [1.807, 2.05) is 0 Å². The van der Waals surface area contributed by atoms with Crippen LogP contribution in [0.3, 0.4) is 0 Å². The Bertz CT molecular complexity index is 1040. The van der Waals surface area contributed by atoms with Crippen molar-refractivity contribution < 1.29 is 14.3 Å². The summed E-state index contributed by atoms with van der Waals surface area (Å²) in [5, 5.41) is 13.7. The first-order chi connectivity index (χ1) is 11.9. The third kappa shape index (κ3) is 3.37. The lowest BCUT2D eigenvalue weighted by atomic mass is 10.0. The molecule has 1 heterocycles. The van der Waals surface area contributed by atoms with Gasteiger partial charge in [0.1, 0.15) is 11.3 Å². The molecule has 1 aromatic heterocycles. The second kappa shape index (κ2) is 6.61. The summed E-state index contributed by atoms with van der Waals surface area (Å²) in [7, 11) is 0. The first kappa shape index (κ1) is 17.0. The molecule has 0 aliphatic heterocycles. The van der Waals surface area contributed by atoms with E-state index in [0.29, 0.717) is 32.8 Å². The number of phenols is 1. The van der Waals surface area contributed by atoms with Crippen LogP contribution in [-0.2, 0) is 11.2 Å². The third-order valence-electron chi connectivity index (χ3n) is 4.12. The number of rotatable bonds is 3. The van der Waals surface area contributed by atoms with Crippen molar-refractivity contribution in [2.75, 3.05) is 5.32 Å². The highest BCUT2D eigenvalue weighted by Crippen LogP contribution is 2.28. The highest BCUT2D eigenvalue weighted by Gasteiger charge is 2.17. The Morgan fingerprint density at radius 3 is 2.68 bits per heavy atom. The molecule has 0 radical (unpaired) electrons. The van der Waals surface area contributed by atoms with E-state index in [1.165, 1.54) is 0 Å². The van der Waals surface area contributed by atoms with Gasteiger partial charge in [-0.05, 0) is 49.7 Å². The van der Waals surface area contributed by atoms with Gasteiger partial charge < -0.3 is 14.8 Å².